The van der Waals surface area contributed by atoms with Crippen molar-refractivity contribution in [3.05, 3.63) is 51.9 Å². The second-order valence-electron chi connectivity index (χ2n) is 5.94. The van der Waals surface area contributed by atoms with Crippen LogP contribution in [0.2, 0.25) is 0 Å². The molecule has 0 saturated heterocycles. The summed E-state index contributed by atoms with van der Waals surface area (Å²) < 4.78 is 7.99. The second kappa shape index (κ2) is 8.66. The number of thioether (sulfide) groups is 1. The summed E-state index contributed by atoms with van der Waals surface area (Å²) in [5.74, 6) is 0.877. The number of ether oxygens (including phenoxy) is 1. The third kappa shape index (κ3) is 4.63. The smallest absolute Gasteiger partial charge is 0.275 e. The molecule has 6 nitrogen and oxygen atoms in total. The van der Waals surface area contributed by atoms with E-state index in [4.69, 9.17) is 4.74 Å². The molecule has 0 aliphatic carbocycles. The van der Waals surface area contributed by atoms with Gasteiger partial charge in [0, 0.05) is 19.2 Å². The largest absolute Gasteiger partial charge is 0.492 e. The molecule has 26 heavy (non-hydrogen) atoms. The Kier molecular flexibility index (Phi) is 6.29. The Labute approximate surface area is 160 Å². The normalized spacial score (nSPS) is 11.4. The molecule has 0 unspecified atom stereocenters. The van der Waals surface area contributed by atoms with Gasteiger partial charge in [-0.3, -0.25) is 9.69 Å². The molecule has 0 saturated carbocycles. The average Bonchev–Trinajstić information content (AvgIpc) is 3.06. The highest BCUT2D eigenvalue weighted by molar-refractivity contribution is 8.00. The summed E-state index contributed by atoms with van der Waals surface area (Å²) in [4.78, 5) is 19.5. The van der Waals surface area contributed by atoms with Gasteiger partial charge in [-0.2, -0.15) is 4.52 Å². The van der Waals surface area contributed by atoms with Crippen molar-refractivity contribution in [2.45, 2.75) is 24.2 Å². The highest BCUT2D eigenvalue weighted by atomic mass is 32.2. The highest BCUT2D eigenvalue weighted by Crippen LogP contribution is 2.20. The summed E-state index contributed by atoms with van der Waals surface area (Å²) in [6.45, 7) is 4.06. The minimum absolute atomic E-state index is 0.137. The first kappa shape index (κ1) is 18.9. The molecule has 0 aliphatic heterocycles. The second-order valence-corrected chi connectivity index (χ2v) is 7.95. The summed E-state index contributed by atoms with van der Waals surface area (Å²) in [5.41, 5.74) is 1.92. The minimum Gasteiger partial charge on any atom is -0.492 e. The van der Waals surface area contributed by atoms with Gasteiger partial charge in [-0.15, -0.1) is 5.10 Å². The SMILES string of the molecule is CCc1ccc(OCCN(C)Cc2cc(=O)n3nc(SC)sc3n2)cc1. The Hall–Kier alpha value is -1.90. The van der Waals surface area contributed by atoms with Gasteiger partial charge in [-0.25, -0.2) is 4.98 Å². The van der Waals surface area contributed by atoms with E-state index >= 15 is 0 Å². The molecule has 138 valence electrons. The molecular weight excluding hydrogens is 368 g/mol. The molecule has 0 spiro atoms. The molecule has 0 N–H and O–H groups in total. The van der Waals surface area contributed by atoms with Crippen LogP contribution in [-0.2, 0) is 13.0 Å². The number of hydrogen-bond acceptors (Lipinski definition) is 7. The monoisotopic (exact) mass is 390 g/mol. The number of aromatic nitrogens is 3. The molecule has 3 rings (SSSR count). The maximum Gasteiger partial charge on any atom is 0.275 e. The first-order valence-corrected chi connectivity index (χ1v) is 10.5. The zero-order chi connectivity index (χ0) is 18.5. The van der Waals surface area contributed by atoms with E-state index in [1.165, 1.54) is 33.2 Å². The van der Waals surface area contributed by atoms with Gasteiger partial charge < -0.3 is 4.74 Å². The maximum atomic E-state index is 12.2. The summed E-state index contributed by atoms with van der Waals surface area (Å²) in [6.07, 6.45) is 2.96. The lowest BCUT2D eigenvalue weighted by molar-refractivity contribution is 0.231. The topological polar surface area (TPSA) is 59.7 Å². The number of aryl methyl sites for hydroxylation is 1. The van der Waals surface area contributed by atoms with Crippen LogP contribution in [-0.4, -0.2) is 46.0 Å². The van der Waals surface area contributed by atoms with Crippen LogP contribution in [0.3, 0.4) is 0 Å². The number of nitrogens with zero attached hydrogens (tertiary/aromatic N) is 4. The van der Waals surface area contributed by atoms with Crippen LogP contribution in [0.25, 0.3) is 4.96 Å². The molecule has 3 aromatic rings. The number of benzene rings is 1. The van der Waals surface area contributed by atoms with Crippen molar-refractivity contribution in [2.24, 2.45) is 0 Å². The van der Waals surface area contributed by atoms with Gasteiger partial charge >= 0.3 is 0 Å². The maximum absolute atomic E-state index is 12.2. The molecule has 0 radical (unpaired) electrons. The highest BCUT2D eigenvalue weighted by Gasteiger charge is 2.10. The Morgan fingerprint density at radius 2 is 2.08 bits per heavy atom. The van der Waals surface area contributed by atoms with Crippen LogP contribution in [0.1, 0.15) is 18.2 Å². The van der Waals surface area contributed by atoms with Crippen molar-refractivity contribution in [2.75, 3.05) is 26.5 Å². The molecule has 0 amide bonds. The Balaban J connectivity index is 1.56. The van der Waals surface area contributed by atoms with E-state index in [1.807, 2.05) is 25.4 Å². The Bertz CT molecular complexity index is 921. The van der Waals surface area contributed by atoms with Crippen molar-refractivity contribution in [3.63, 3.8) is 0 Å². The van der Waals surface area contributed by atoms with E-state index in [2.05, 4.69) is 34.0 Å². The fraction of sp³-hybridized carbons (Fsp3) is 0.389. The fourth-order valence-electron chi connectivity index (χ4n) is 2.50. The predicted molar refractivity (Wildman–Crippen MR) is 107 cm³/mol. The van der Waals surface area contributed by atoms with E-state index in [9.17, 15) is 4.79 Å². The standard InChI is InChI=1S/C18H22N4O2S2/c1-4-13-5-7-15(8-6-13)24-10-9-21(2)12-14-11-16(23)22-17(19-14)26-18(20-22)25-3/h5-8,11H,4,9-10,12H2,1-3H3. The van der Waals surface area contributed by atoms with E-state index < -0.39 is 0 Å². The number of fused-ring (bicyclic) bond motifs is 1. The van der Waals surface area contributed by atoms with Gasteiger partial charge in [0.2, 0.25) is 4.96 Å². The van der Waals surface area contributed by atoms with Crippen molar-refractivity contribution in [1.82, 2.24) is 19.5 Å². The van der Waals surface area contributed by atoms with Crippen molar-refractivity contribution in [3.8, 4) is 5.75 Å². The van der Waals surface area contributed by atoms with Crippen molar-refractivity contribution >= 4 is 28.1 Å². The van der Waals surface area contributed by atoms with Crippen molar-refractivity contribution in [1.29, 1.82) is 0 Å². The zero-order valence-electron chi connectivity index (χ0n) is 15.1. The number of rotatable bonds is 8. The summed E-state index contributed by atoms with van der Waals surface area (Å²) in [6, 6.07) is 9.73. The third-order valence-corrected chi connectivity index (χ3v) is 5.84. The molecule has 2 heterocycles. The van der Waals surface area contributed by atoms with E-state index in [0.29, 0.717) is 18.1 Å². The molecule has 2 aromatic heterocycles. The Morgan fingerprint density at radius 3 is 2.77 bits per heavy atom. The van der Waals surface area contributed by atoms with Crippen LogP contribution in [0.5, 0.6) is 5.75 Å². The molecule has 1 aromatic carbocycles. The van der Waals surface area contributed by atoms with Crippen LogP contribution >= 0.6 is 23.1 Å². The lowest BCUT2D eigenvalue weighted by Crippen LogP contribution is -2.26. The van der Waals surface area contributed by atoms with Gasteiger partial charge in [-0.1, -0.05) is 42.2 Å². The number of likely N-dealkylation sites (N-methyl/N-ethyl adjacent to an activating group) is 1. The van der Waals surface area contributed by atoms with E-state index in [0.717, 1.165) is 28.7 Å². The van der Waals surface area contributed by atoms with Gasteiger partial charge in [-0.05, 0) is 37.4 Å². The minimum atomic E-state index is -0.137. The molecular formula is C18H22N4O2S2. The van der Waals surface area contributed by atoms with Gasteiger partial charge in [0.25, 0.3) is 5.56 Å². The summed E-state index contributed by atoms with van der Waals surface area (Å²) >= 11 is 2.95. The van der Waals surface area contributed by atoms with Gasteiger partial charge in [0.1, 0.15) is 12.4 Å². The van der Waals surface area contributed by atoms with E-state index in [1.54, 1.807) is 6.07 Å². The third-order valence-electron chi connectivity index (χ3n) is 3.96. The lowest BCUT2D eigenvalue weighted by atomic mass is 10.2. The fourth-order valence-corrected chi connectivity index (χ4v) is 3.88. The first-order chi connectivity index (χ1) is 12.6. The molecule has 0 aliphatic rings. The number of hydrogen-bond donors (Lipinski definition) is 0. The predicted octanol–water partition coefficient (Wildman–Crippen LogP) is 2.95. The Morgan fingerprint density at radius 1 is 1.31 bits per heavy atom. The van der Waals surface area contributed by atoms with Crippen LogP contribution in [0.4, 0.5) is 0 Å². The molecule has 8 heteroatoms. The zero-order valence-corrected chi connectivity index (χ0v) is 16.8. The average molecular weight is 391 g/mol. The molecule has 0 bridgehead atoms. The summed E-state index contributed by atoms with van der Waals surface area (Å²) in [5, 5.41) is 4.24. The molecule has 0 fully saturated rings. The summed E-state index contributed by atoms with van der Waals surface area (Å²) in [7, 11) is 1.99. The van der Waals surface area contributed by atoms with Crippen LogP contribution in [0, 0.1) is 0 Å². The first-order valence-electron chi connectivity index (χ1n) is 8.43. The molecule has 0 atom stereocenters. The van der Waals surface area contributed by atoms with Crippen molar-refractivity contribution < 1.29 is 4.74 Å². The van der Waals surface area contributed by atoms with Gasteiger partial charge in [0.15, 0.2) is 4.34 Å². The van der Waals surface area contributed by atoms with Crippen LogP contribution < -0.4 is 10.3 Å². The van der Waals surface area contributed by atoms with Crippen LogP contribution in [0.15, 0.2) is 39.5 Å². The quantitative estimate of drug-likeness (QED) is 0.551. The lowest BCUT2D eigenvalue weighted by Gasteiger charge is -2.16. The van der Waals surface area contributed by atoms with E-state index in [-0.39, 0.29) is 5.56 Å². The van der Waals surface area contributed by atoms with Gasteiger partial charge in [0.05, 0.1) is 5.69 Å².